The van der Waals surface area contributed by atoms with Crippen LogP contribution in [0, 0.1) is 0 Å². The fourth-order valence-electron chi connectivity index (χ4n) is 1.82. The zero-order valence-electron chi connectivity index (χ0n) is 11.2. The quantitative estimate of drug-likeness (QED) is 0.889. The Labute approximate surface area is 122 Å². The van der Waals surface area contributed by atoms with Crippen LogP contribution < -0.4 is 11.1 Å². The first-order valence-corrected chi connectivity index (χ1v) is 6.79. The molecule has 0 aliphatic carbocycles. The van der Waals surface area contributed by atoms with Gasteiger partial charge in [0.25, 0.3) is 0 Å². The topological polar surface area (TPSA) is 72.9 Å². The van der Waals surface area contributed by atoms with Crippen molar-refractivity contribution in [2.45, 2.75) is 25.8 Å². The van der Waals surface area contributed by atoms with Crippen LogP contribution in [0.4, 0.5) is 5.69 Å². The van der Waals surface area contributed by atoms with Gasteiger partial charge >= 0.3 is 0 Å². The first-order valence-electron chi connectivity index (χ1n) is 6.42. The normalized spacial score (nSPS) is 12.2. The minimum Gasteiger partial charge on any atom is -0.328 e. The van der Waals surface area contributed by atoms with Crippen molar-refractivity contribution in [2.75, 3.05) is 5.32 Å². The van der Waals surface area contributed by atoms with Crippen LogP contribution in [0.15, 0.2) is 36.7 Å². The summed E-state index contributed by atoms with van der Waals surface area (Å²) < 4.78 is 1.63. The maximum absolute atomic E-state index is 11.9. The molecule has 5 nitrogen and oxygen atoms in total. The van der Waals surface area contributed by atoms with Crippen LogP contribution in [0.3, 0.4) is 0 Å². The molecule has 3 N–H and O–H groups in total. The zero-order valence-corrected chi connectivity index (χ0v) is 12.0. The van der Waals surface area contributed by atoms with Gasteiger partial charge in [-0.25, -0.2) is 4.68 Å². The molecule has 6 heteroatoms. The summed E-state index contributed by atoms with van der Waals surface area (Å²) in [5.41, 5.74) is 6.95. The van der Waals surface area contributed by atoms with Crippen LogP contribution in [-0.2, 0) is 4.79 Å². The van der Waals surface area contributed by atoms with Crippen molar-refractivity contribution in [2.24, 2.45) is 5.73 Å². The van der Waals surface area contributed by atoms with Gasteiger partial charge in [0.1, 0.15) is 5.69 Å². The lowest BCUT2D eigenvalue weighted by Gasteiger charge is -2.13. The molecule has 0 fully saturated rings. The van der Waals surface area contributed by atoms with Crippen molar-refractivity contribution in [1.82, 2.24) is 9.78 Å². The van der Waals surface area contributed by atoms with E-state index in [4.69, 9.17) is 17.3 Å². The van der Waals surface area contributed by atoms with Gasteiger partial charge in [0.15, 0.2) is 0 Å². The molecule has 2 aromatic rings. The number of halogens is 1. The molecule has 1 unspecified atom stereocenters. The lowest BCUT2D eigenvalue weighted by molar-refractivity contribution is -0.116. The fourth-order valence-corrected chi connectivity index (χ4v) is 2.08. The van der Waals surface area contributed by atoms with Gasteiger partial charge in [-0.3, -0.25) is 4.79 Å². The number of hydrogen-bond acceptors (Lipinski definition) is 3. The van der Waals surface area contributed by atoms with Gasteiger partial charge in [-0.15, -0.1) is 0 Å². The van der Waals surface area contributed by atoms with Crippen molar-refractivity contribution >= 4 is 23.2 Å². The highest BCUT2D eigenvalue weighted by Crippen LogP contribution is 2.28. The van der Waals surface area contributed by atoms with Crippen LogP contribution in [0.5, 0.6) is 0 Å². The number of carbonyl (C=O) groups is 1. The molecule has 0 saturated heterocycles. The van der Waals surface area contributed by atoms with Crippen LogP contribution in [0.25, 0.3) is 5.69 Å². The van der Waals surface area contributed by atoms with Gasteiger partial charge in [-0.1, -0.05) is 17.7 Å². The van der Waals surface area contributed by atoms with E-state index in [1.807, 2.05) is 6.92 Å². The van der Waals surface area contributed by atoms with Gasteiger partial charge in [-0.2, -0.15) is 5.10 Å². The third-order valence-electron chi connectivity index (χ3n) is 2.82. The van der Waals surface area contributed by atoms with E-state index < -0.39 is 0 Å². The van der Waals surface area contributed by atoms with E-state index in [0.717, 1.165) is 0 Å². The Kier molecular flexibility index (Phi) is 4.76. The standard InChI is InChI=1S/C14H17ClN4O/c1-10(16)6-7-13(20)18-12-5-2-4-11(15)14(12)19-9-3-8-17-19/h2-5,8-10H,6-7,16H2,1H3,(H,18,20). The number of rotatable bonds is 5. The maximum Gasteiger partial charge on any atom is 0.224 e. The highest BCUT2D eigenvalue weighted by molar-refractivity contribution is 6.33. The second kappa shape index (κ2) is 6.54. The van der Waals surface area contributed by atoms with Gasteiger partial charge in [0, 0.05) is 24.9 Å². The zero-order chi connectivity index (χ0) is 14.5. The lowest BCUT2D eigenvalue weighted by Crippen LogP contribution is -2.20. The maximum atomic E-state index is 11.9. The summed E-state index contributed by atoms with van der Waals surface area (Å²) in [6.45, 7) is 1.88. The Bertz CT molecular complexity index is 581. The summed E-state index contributed by atoms with van der Waals surface area (Å²) in [5.74, 6) is -0.0852. The predicted molar refractivity (Wildman–Crippen MR) is 80.1 cm³/mol. The molecule has 1 heterocycles. The van der Waals surface area contributed by atoms with E-state index in [1.165, 1.54) is 0 Å². The Morgan fingerprint density at radius 1 is 1.50 bits per heavy atom. The number of amides is 1. The van der Waals surface area contributed by atoms with Crippen LogP contribution in [0.2, 0.25) is 5.02 Å². The first kappa shape index (κ1) is 14.6. The van der Waals surface area contributed by atoms with Gasteiger partial charge in [0.2, 0.25) is 5.91 Å². The largest absolute Gasteiger partial charge is 0.328 e. The van der Waals surface area contributed by atoms with E-state index >= 15 is 0 Å². The summed E-state index contributed by atoms with van der Waals surface area (Å²) >= 11 is 6.20. The fraction of sp³-hybridized carbons (Fsp3) is 0.286. The Hall–Kier alpha value is -1.85. The van der Waals surface area contributed by atoms with E-state index in [2.05, 4.69) is 10.4 Å². The molecule has 1 aromatic heterocycles. The third kappa shape index (κ3) is 3.59. The summed E-state index contributed by atoms with van der Waals surface area (Å²) in [4.78, 5) is 11.9. The molecule has 0 saturated carbocycles. The van der Waals surface area contributed by atoms with Crippen molar-refractivity contribution in [3.05, 3.63) is 41.7 Å². The molecular weight excluding hydrogens is 276 g/mol. The molecule has 0 radical (unpaired) electrons. The number of anilines is 1. The van der Waals surface area contributed by atoms with Crippen LogP contribution >= 0.6 is 11.6 Å². The number of nitrogens with zero attached hydrogens (tertiary/aromatic N) is 2. The Morgan fingerprint density at radius 2 is 2.30 bits per heavy atom. The minimum atomic E-state index is -0.0852. The molecule has 1 atom stereocenters. The van der Waals surface area contributed by atoms with Crippen LogP contribution in [-0.4, -0.2) is 21.7 Å². The van der Waals surface area contributed by atoms with Crippen molar-refractivity contribution < 1.29 is 4.79 Å². The summed E-state index contributed by atoms with van der Waals surface area (Å²) in [5, 5.41) is 7.53. The third-order valence-corrected chi connectivity index (χ3v) is 3.13. The number of carbonyl (C=O) groups excluding carboxylic acids is 1. The van der Waals surface area contributed by atoms with Gasteiger partial charge in [-0.05, 0) is 31.5 Å². The molecule has 1 aromatic carbocycles. The number of hydrogen-bond donors (Lipinski definition) is 2. The monoisotopic (exact) mass is 292 g/mol. The van der Waals surface area contributed by atoms with Gasteiger partial charge < -0.3 is 11.1 Å². The van der Waals surface area contributed by atoms with Crippen molar-refractivity contribution in [3.63, 3.8) is 0 Å². The van der Waals surface area contributed by atoms with E-state index in [1.54, 1.807) is 41.3 Å². The van der Waals surface area contributed by atoms with E-state index in [-0.39, 0.29) is 11.9 Å². The number of nitrogens with two attached hydrogens (primary N) is 1. The number of aromatic nitrogens is 2. The highest BCUT2D eigenvalue weighted by Gasteiger charge is 2.12. The smallest absolute Gasteiger partial charge is 0.224 e. The average Bonchev–Trinajstić information content (AvgIpc) is 2.90. The summed E-state index contributed by atoms with van der Waals surface area (Å²) in [6.07, 6.45) is 4.45. The molecule has 0 bridgehead atoms. The minimum absolute atomic E-state index is 0.00528. The number of benzene rings is 1. The second-order valence-corrected chi connectivity index (χ2v) is 5.06. The summed E-state index contributed by atoms with van der Waals surface area (Å²) in [6, 6.07) is 7.15. The molecule has 106 valence electrons. The second-order valence-electron chi connectivity index (χ2n) is 4.65. The molecule has 0 aliphatic rings. The SMILES string of the molecule is CC(N)CCC(=O)Nc1cccc(Cl)c1-n1cccn1. The molecule has 2 rings (SSSR count). The molecule has 1 amide bonds. The Balaban J connectivity index is 2.20. The van der Waals surface area contributed by atoms with Crippen molar-refractivity contribution in [1.29, 1.82) is 0 Å². The highest BCUT2D eigenvalue weighted by atomic mass is 35.5. The average molecular weight is 293 g/mol. The van der Waals surface area contributed by atoms with E-state index in [9.17, 15) is 4.79 Å². The summed E-state index contributed by atoms with van der Waals surface area (Å²) in [7, 11) is 0. The van der Waals surface area contributed by atoms with Crippen molar-refractivity contribution in [3.8, 4) is 5.69 Å². The van der Waals surface area contributed by atoms with Crippen LogP contribution in [0.1, 0.15) is 19.8 Å². The number of para-hydroxylation sites is 1. The first-order chi connectivity index (χ1) is 9.58. The predicted octanol–water partition coefficient (Wildman–Crippen LogP) is 2.59. The Morgan fingerprint density at radius 3 is 2.95 bits per heavy atom. The lowest BCUT2D eigenvalue weighted by atomic mass is 10.2. The molecular formula is C14H17ClN4O. The van der Waals surface area contributed by atoms with E-state index in [0.29, 0.717) is 29.2 Å². The molecule has 0 aliphatic heterocycles. The number of nitrogens with one attached hydrogen (secondary N) is 1. The van der Waals surface area contributed by atoms with Gasteiger partial charge in [0.05, 0.1) is 10.7 Å². The molecule has 20 heavy (non-hydrogen) atoms. The molecule has 0 spiro atoms.